The molecule has 0 aliphatic heterocycles. The maximum absolute atomic E-state index is 4.31. The van der Waals surface area contributed by atoms with Crippen molar-refractivity contribution in [3.63, 3.8) is 0 Å². The lowest BCUT2D eigenvalue weighted by molar-refractivity contribution is 0.505. The molecule has 1 fully saturated rings. The Morgan fingerprint density at radius 3 is 2.93 bits per heavy atom. The summed E-state index contributed by atoms with van der Waals surface area (Å²) in [5.41, 5.74) is 0. The van der Waals surface area contributed by atoms with Crippen molar-refractivity contribution in [1.82, 2.24) is 4.98 Å². The van der Waals surface area contributed by atoms with E-state index in [4.69, 9.17) is 0 Å². The van der Waals surface area contributed by atoms with Gasteiger partial charge in [-0.25, -0.2) is 4.98 Å². The number of nitrogens with zero attached hydrogens (tertiary/aromatic N) is 1. The summed E-state index contributed by atoms with van der Waals surface area (Å²) >= 11 is 5.60. The predicted octanol–water partition coefficient (Wildman–Crippen LogP) is 4.03. The first-order valence-corrected chi connectivity index (χ1v) is 7.18. The summed E-state index contributed by atoms with van der Waals surface area (Å²) in [5, 5.41) is 3.35. The van der Waals surface area contributed by atoms with Gasteiger partial charge in [-0.15, -0.1) is 11.3 Å². The minimum atomic E-state index is 0.717. The van der Waals surface area contributed by atoms with E-state index in [0.29, 0.717) is 4.83 Å². The molecule has 0 aromatic carbocycles. The fourth-order valence-corrected chi connectivity index (χ4v) is 3.59. The lowest BCUT2D eigenvalue weighted by Gasteiger charge is -2.15. The molecule has 78 valence electrons. The van der Waals surface area contributed by atoms with Gasteiger partial charge in [0.1, 0.15) is 0 Å². The van der Waals surface area contributed by atoms with Gasteiger partial charge in [-0.2, -0.15) is 0 Å². The number of rotatable bonds is 4. The third kappa shape index (κ3) is 2.80. The molecular formula is C11H16BrNS. The van der Waals surface area contributed by atoms with E-state index in [1.165, 1.54) is 37.1 Å². The summed E-state index contributed by atoms with van der Waals surface area (Å²) in [6.45, 7) is 0. The second kappa shape index (κ2) is 5.26. The van der Waals surface area contributed by atoms with Crippen molar-refractivity contribution in [1.29, 1.82) is 0 Å². The van der Waals surface area contributed by atoms with Gasteiger partial charge in [0.05, 0.1) is 5.01 Å². The van der Waals surface area contributed by atoms with Crippen molar-refractivity contribution in [3.8, 4) is 0 Å². The van der Waals surface area contributed by atoms with Gasteiger partial charge in [-0.3, -0.25) is 0 Å². The average Bonchev–Trinajstić information content (AvgIpc) is 2.87. The Balaban J connectivity index is 1.74. The van der Waals surface area contributed by atoms with Crippen molar-refractivity contribution in [2.45, 2.75) is 43.4 Å². The Bertz CT molecular complexity index is 254. The number of halogens is 1. The molecular weight excluding hydrogens is 258 g/mol. The van der Waals surface area contributed by atoms with Gasteiger partial charge in [0, 0.05) is 22.8 Å². The Morgan fingerprint density at radius 2 is 2.29 bits per heavy atom. The molecule has 0 bridgehead atoms. The highest BCUT2D eigenvalue weighted by Gasteiger charge is 2.22. The summed E-state index contributed by atoms with van der Waals surface area (Å²) in [5.74, 6) is 0.926. The lowest BCUT2D eigenvalue weighted by atomic mass is 10.0. The molecule has 1 aromatic rings. The maximum atomic E-state index is 4.31. The quantitative estimate of drug-likeness (QED) is 0.755. The first-order chi connectivity index (χ1) is 6.86. The van der Waals surface area contributed by atoms with Crippen molar-refractivity contribution in [3.05, 3.63) is 16.6 Å². The molecule has 1 aromatic heterocycles. The van der Waals surface area contributed by atoms with Crippen LogP contribution >= 0.6 is 27.3 Å². The fourth-order valence-electron chi connectivity index (χ4n) is 2.19. The molecule has 0 amide bonds. The second-order valence-corrected chi connectivity index (χ2v) is 6.18. The largest absolute Gasteiger partial charge is 0.250 e. The van der Waals surface area contributed by atoms with E-state index in [1.54, 1.807) is 11.3 Å². The molecule has 2 rings (SSSR count). The van der Waals surface area contributed by atoms with Crippen LogP contribution in [-0.2, 0) is 6.42 Å². The summed E-state index contributed by atoms with van der Waals surface area (Å²) in [4.78, 5) is 5.03. The molecule has 1 nitrogen and oxygen atoms in total. The minimum Gasteiger partial charge on any atom is -0.250 e. The number of hydrogen-bond donors (Lipinski definition) is 0. The SMILES string of the molecule is BrC(CCc1nccs1)C1CCCC1. The van der Waals surface area contributed by atoms with Crippen LogP contribution in [0.1, 0.15) is 37.1 Å². The average molecular weight is 274 g/mol. The van der Waals surface area contributed by atoms with Crippen molar-refractivity contribution in [2.24, 2.45) is 5.92 Å². The van der Waals surface area contributed by atoms with Crippen LogP contribution in [0, 0.1) is 5.92 Å². The van der Waals surface area contributed by atoms with Crippen LogP contribution in [0.2, 0.25) is 0 Å². The van der Waals surface area contributed by atoms with E-state index in [9.17, 15) is 0 Å². The van der Waals surface area contributed by atoms with Gasteiger partial charge in [0.25, 0.3) is 0 Å². The maximum Gasteiger partial charge on any atom is 0.0925 e. The zero-order valence-electron chi connectivity index (χ0n) is 8.29. The van der Waals surface area contributed by atoms with Crippen LogP contribution < -0.4 is 0 Å². The molecule has 1 aliphatic rings. The third-order valence-electron chi connectivity index (χ3n) is 3.03. The van der Waals surface area contributed by atoms with Gasteiger partial charge < -0.3 is 0 Å². The van der Waals surface area contributed by atoms with Crippen molar-refractivity contribution < 1.29 is 0 Å². The third-order valence-corrected chi connectivity index (χ3v) is 5.07. The lowest BCUT2D eigenvalue weighted by Crippen LogP contribution is -2.11. The molecule has 1 heterocycles. The van der Waals surface area contributed by atoms with E-state index < -0.39 is 0 Å². The molecule has 1 unspecified atom stereocenters. The first-order valence-electron chi connectivity index (χ1n) is 5.38. The minimum absolute atomic E-state index is 0.717. The Hall–Kier alpha value is 0.110. The summed E-state index contributed by atoms with van der Waals surface area (Å²) in [6.07, 6.45) is 10.0. The summed E-state index contributed by atoms with van der Waals surface area (Å²) < 4.78 is 0. The van der Waals surface area contributed by atoms with Crippen LogP contribution in [0.15, 0.2) is 11.6 Å². The fraction of sp³-hybridized carbons (Fsp3) is 0.727. The van der Waals surface area contributed by atoms with Crippen molar-refractivity contribution >= 4 is 27.3 Å². The normalized spacial score (nSPS) is 20.1. The number of hydrogen-bond acceptors (Lipinski definition) is 2. The van der Waals surface area contributed by atoms with E-state index in [0.717, 1.165) is 12.3 Å². The molecule has 1 saturated carbocycles. The summed E-state index contributed by atoms with van der Waals surface area (Å²) in [6, 6.07) is 0. The van der Waals surface area contributed by atoms with Gasteiger partial charge in [-0.1, -0.05) is 28.8 Å². The van der Waals surface area contributed by atoms with E-state index in [1.807, 2.05) is 6.20 Å². The monoisotopic (exact) mass is 273 g/mol. The van der Waals surface area contributed by atoms with Gasteiger partial charge in [0.15, 0.2) is 0 Å². The molecule has 0 N–H and O–H groups in total. The predicted molar refractivity (Wildman–Crippen MR) is 65.1 cm³/mol. The first kappa shape index (κ1) is 10.6. The van der Waals surface area contributed by atoms with Crippen LogP contribution in [0.5, 0.6) is 0 Å². The number of alkyl halides is 1. The van der Waals surface area contributed by atoms with Gasteiger partial charge in [-0.05, 0) is 25.2 Å². The molecule has 0 saturated heterocycles. The van der Waals surface area contributed by atoms with Gasteiger partial charge >= 0.3 is 0 Å². The molecule has 0 radical (unpaired) electrons. The van der Waals surface area contributed by atoms with Gasteiger partial charge in [0.2, 0.25) is 0 Å². The number of thiazole rings is 1. The molecule has 0 spiro atoms. The van der Waals surface area contributed by atoms with Crippen LogP contribution in [0.3, 0.4) is 0 Å². The van der Waals surface area contributed by atoms with Crippen LogP contribution in [-0.4, -0.2) is 9.81 Å². The number of aryl methyl sites for hydroxylation is 1. The zero-order chi connectivity index (χ0) is 9.80. The molecule has 3 heteroatoms. The highest BCUT2D eigenvalue weighted by atomic mass is 79.9. The Morgan fingerprint density at radius 1 is 1.50 bits per heavy atom. The summed E-state index contributed by atoms with van der Waals surface area (Å²) in [7, 11) is 0. The smallest absolute Gasteiger partial charge is 0.0925 e. The van der Waals surface area contributed by atoms with Crippen molar-refractivity contribution in [2.75, 3.05) is 0 Å². The van der Waals surface area contributed by atoms with E-state index in [-0.39, 0.29) is 0 Å². The molecule has 14 heavy (non-hydrogen) atoms. The number of aromatic nitrogens is 1. The second-order valence-electron chi connectivity index (χ2n) is 4.03. The van der Waals surface area contributed by atoms with Crippen LogP contribution in [0.4, 0.5) is 0 Å². The molecule has 1 atom stereocenters. The van der Waals surface area contributed by atoms with Crippen LogP contribution in [0.25, 0.3) is 0 Å². The Labute approximate surface area is 98.1 Å². The highest BCUT2D eigenvalue weighted by molar-refractivity contribution is 9.09. The molecule has 1 aliphatic carbocycles. The van der Waals surface area contributed by atoms with E-state index in [2.05, 4.69) is 26.3 Å². The van der Waals surface area contributed by atoms with E-state index >= 15 is 0 Å². The Kier molecular flexibility index (Phi) is 3.99. The zero-order valence-corrected chi connectivity index (χ0v) is 10.7. The topological polar surface area (TPSA) is 12.9 Å². The highest BCUT2D eigenvalue weighted by Crippen LogP contribution is 2.33. The standard InChI is InChI=1S/C11H16BrNS/c12-10(9-3-1-2-4-9)5-6-11-13-7-8-14-11/h7-10H,1-6H2.